The van der Waals surface area contributed by atoms with E-state index in [0.717, 1.165) is 19.3 Å². The van der Waals surface area contributed by atoms with Crippen LogP contribution in [0, 0.1) is 0 Å². The largest absolute Gasteiger partial charge is 0.493 e. The molecule has 1 unspecified atom stereocenters. The number of hydrogen-bond acceptors (Lipinski definition) is 4. The quantitative estimate of drug-likeness (QED) is 0.706. The van der Waals surface area contributed by atoms with Gasteiger partial charge in [-0.2, -0.15) is 0 Å². The van der Waals surface area contributed by atoms with E-state index in [1.165, 1.54) is 0 Å². The van der Waals surface area contributed by atoms with Crippen LogP contribution >= 0.6 is 0 Å². The molecule has 112 valence electrons. The van der Waals surface area contributed by atoms with Crippen LogP contribution < -0.4 is 4.74 Å². The molecule has 0 aliphatic heterocycles. The van der Waals surface area contributed by atoms with E-state index in [2.05, 4.69) is 6.92 Å². The lowest BCUT2D eigenvalue weighted by atomic mass is 10.1. The first kappa shape index (κ1) is 16.5. The van der Waals surface area contributed by atoms with Crippen LogP contribution in [0.15, 0.2) is 24.3 Å². The Hall–Kier alpha value is -1.55. The number of carbonyl (C=O) groups excluding carboxylic acids is 1. The van der Waals surface area contributed by atoms with E-state index in [9.17, 15) is 9.90 Å². The number of unbranched alkanes of at least 4 members (excludes halogenated alkanes) is 1. The molecule has 1 aromatic rings. The van der Waals surface area contributed by atoms with Gasteiger partial charge < -0.3 is 14.6 Å². The number of esters is 1. The molecule has 4 heteroatoms. The van der Waals surface area contributed by atoms with Gasteiger partial charge in [-0.15, -0.1) is 0 Å². The average Bonchev–Trinajstić information content (AvgIpc) is 2.46. The lowest BCUT2D eigenvalue weighted by Gasteiger charge is -2.11. The van der Waals surface area contributed by atoms with Crippen LogP contribution in [0.1, 0.15) is 49.9 Å². The number of benzene rings is 1. The third-order valence-electron chi connectivity index (χ3n) is 2.98. The summed E-state index contributed by atoms with van der Waals surface area (Å²) in [4.78, 5) is 11.5. The van der Waals surface area contributed by atoms with Gasteiger partial charge >= 0.3 is 5.97 Å². The zero-order valence-corrected chi connectivity index (χ0v) is 12.3. The van der Waals surface area contributed by atoms with Crippen LogP contribution in [0.3, 0.4) is 0 Å². The topological polar surface area (TPSA) is 55.8 Å². The van der Waals surface area contributed by atoms with Gasteiger partial charge in [0.15, 0.2) is 0 Å². The number of carbonyl (C=O) groups is 1. The predicted molar refractivity (Wildman–Crippen MR) is 78.0 cm³/mol. The van der Waals surface area contributed by atoms with E-state index in [0.29, 0.717) is 30.9 Å². The van der Waals surface area contributed by atoms with Gasteiger partial charge in [-0.05, 0) is 37.6 Å². The Kier molecular flexibility index (Phi) is 7.73. The monoisotopic (exact) mass is 280 g/mol. The normalized spacial score (nSPS) is 11.9. The Balaban J connectivity index is 2.33. The maximum atomic E-state index is 11.5. The van der Waals surface area contributed by atoms with Gasteiger partial charge in [-0.1, -0.05) is 19.8 Å². The van der Waals surface area contributed by atoms with Gasteiger partial charge in [-0.25, -0.2) is 4.79 Å². The van der Waals surface area contributed by atoms with Crippen LogP contribution in [0.25, 0.3) is 0 Å². The minimum Gasteiger partial charge on any atom is -0.493 e. The van der Waals surface area contributed by atoms with Gasteiger partial charge in [0.2, 0.25) is 0 Å². The molecular weight excluding hydrogens is 256 g/mol. The standard InChI is InChI=1S/C16H24O4/c1-3-5-6-14(17)11-12-20-15-9-7-13(8-10-15)16(18)19-4-2/h7-10,14,17H,3-6,11-12H2,1-2H3. The zero-order valence-electron chi connectivity index (χ0n) is 12.3. The molecule has 0 radical (unpaired) electrons. The predicted octanol–water partition coefficient (Wildman–Crippen LogP) is 3.18. The first-order chi connectivity index (χ1) is 9.67. The van der Waals surface area contributed by atoms with Crippen molar-refractivity contribution in [3.63, 3.8) is 0 Å². The molecule has 0 aromatic heterocycles. The van der Waals surface area contributed by atoms with Crippen molar-refractivity contribution >= 4 is 5.97 Å². The minimum absolute atomic E-state index is 0.297. The van der Waals surface area contributed by atoms with Gasteiger partial charge in [0.25, 0.3) is 0 Å². The van der Waals surface area contributed by atoms with Crippen molar-refractivity contribution < 1.29 is 19.4 Å². The van der Waals surface area contributed by atoms with Crippen LogP contribution in [0.2, 0.25) is 0 Å². The molecule has 0 fully saturated rings. The fourth-order valence-corrected chi connectivity index (χ4v) is 1.80. The Labute approximate surface area is 120 Å². The van der Waals surface area contributed by atoms with Crippen LogP contribution in [0.5, 0.6) is 5.75 Å². The van der Waals surface area contributed by atoms with E-state index < -0.39 is 0 Å². The molecular formula is C16H24O4. The first-order valence-electron chi connectivity index (χ1n) is 7.25. The summed E-state index contributed by atoms with van der Waals surface area (Å²) in [5.41, 5.74) is 0.516. The Morgan fingerprint density at radius 2 is 1.90 bits per heavy atom. The van der Waals surface area contributed by atoms with E-state index in [-0.39, 0.29) is 12.1 Å². The zero-order chi connectivity index (χ0) is 14.8. The highest BCUT2D eigenvalue weighted by molar-refractivity contribution is 5.89. The molecule has 0 saturated carbocycles. The van der Waals surface area contributed by atoms with E-state index in [1.807, 2.05) is 0 Å². The summed E-state index contributed by atoms with van der Waals surface area (Å²) >= 11 is 0. The number of ether oxygens (including phenoxy) is 2. The second-order valence-electron chi connectivity index (χ2n) is 4.68. The molecule has 1 N–H and O–H groups in total. The minimum atomic E-state index is -0.325. The average molecular weight is 280 g/mol. The molecule has 1 rings (SSSR count). The van der Waals surface area contributed by atoms with Crippen molar-refractivity contribution in [2.24, 2.45) is 0 Å². The molecule has 4 nitrogen and oxygen atoms in total. The fraction of sp³-hybridized carbons (Fsp3) is 0.562. The Morgan fingerprint density at radius 3 is 2.50 bits per heavy atom. The number of hydrogen-bond donors (Lipinski definition) is 1. The fourth-order valence-electron chi connectivity index (χ4n) is 1.80. The second-order valence-corrected chi connectivity index (χ2v) is 4.68. The van der Waals surface area contributed by atoms with E-state index in [4.69, 9.17) is 9.47 Å². The van der Waals surface area contributed by atoms with Crippen molar-refractivity contribution in [1.29, 1.82) is 0 Å². The van der Waals surface area contributed by atoms with Crippen molar-refractivity contribution in [3.05, 3.63) is 29.8 Å². The van der Waals surface area contributed by atoms with Gasteiger partial charge in [0.1, 0.15) is 5.75 Å². The van der Waals surface area contributed by atoms with E-state index >= 15 is 0 Å². The summed E-state index contributed by atoms with van der Waals surface area (Å²) in [7, 11) is 0. The van der Waals surface area contributed by atoms with Crippen molar-refractivity contribution in [2.45, 2.75) is 45.6 Å². The highest BCUT2D eigenvalue weighted by atomic mass is 16.5. The SMILES string of the molecule is CCCCC(O)CCOc1ccc(C(=O)OCC)cc1. The molecule has 0 aliphatic rings. The molecule has 0 heterocycles. The summed E-state index contributed by atoms with van der Waals surface area (Å²) in [6.45, 7) is 4.73. The van der Waals surface area contributed by atoms with Crippen LogP contribution in [-0.2, 0) is 4.74 Å². The third kappa shape index (κ3) is 6.06. The molecule has 0 amide bonds. The molecule has 0 spiro atoms. The van der Waals surface area contributed by atoms with Crippen molar-refractivity contribution in [3.8, 4) is 5.75 Å². The van der Waals surface area contributed by atoms with Crippen LogP contribution in [0.4, 0.5) is 0 Å². The van der Waals surface area contributed by atoms with Crippen molar-refractivity contribution in [2.75, 3.05) is 13.2 Å². The third-order valence-corrected chi connectivity index (χ3v) is 2.98. The highest BCUT2D eigenvalue weighted by Crippen LogP contribution is 2.14. The maximum absolute atomic E-state index is 11.5. The maximum Gasteiger partial charge on any atom is 0.338 e. The summed E-state index contributed by atoms with van der Waals surface area (Å²) in [6, 6.07) is 6.84. The molecule has 0 bridgehead atoms. The number of aliphatic hydroxyl groups excluding tert-OH is 1. The molecule has 1 aromatic carbocycles. The second kappa shape index (κ2) is 9.37. The molecule has 0 aliphatic carbocycles. The lowest BCUT2D eigenvalue weighted by Crippen LogP contribution is -2.11. The first-order valence-corrected chi connectivity index (χ1v) is 7.25. The van der Waals surface area contributed by atoms with Gasteiger partial charge in [0.05, 0.1) is 24.9 Å². The van der Waals surface area contributed by atoms with Crippen molar-refractivity contribution in [1.82, 2.24) is 0 Å². The highest BCUT2D eigenvalue weighted by Gasteiger charge is 2.07. The van der Waals surface area contributed by atoms with Crippen LogP contribution in [-0.4, -0.2) is 30.4 Å². The van der Waals surface area contributed by atoms with E-state index in [1.54, 1.807) is 31.2 Å². The number of aliphatic hydroxyl groups is 1. The molecule has 20 heavy (non-hydrogen) atoms. The molecule has 0 saturated heterocycles. The summed E-state index contributed by atoms with van der Waals surface area (Å²) in [5, 5.41) is 9.69. The Bertz CT molecular complexity index is 386. The molecule has 1 atom stereocenters. The number of rotatable bonds is 9. The smallest absolute Gasteiger partial charge is 0.338 e. The van der Waals surface area contributed by atoms with Gasteiger partial charge in [0, 0.05) is 6.42 Å². The van der Waals surface area contributed by atoms with Gasteiger partial charge in [-0.3, -0.25) is 0 Å². The Morgan fingerprint density at radius 1 is 1.20 bits per heavy atom. The summed E-state index contributed by atoms with van der Waals surface area (Å²) in [5.74, 6) is 0.370. The summed E-state index contributed by atoms with van der Waals surface area (Å²) in [6.07, 6.45) is 3.28. The summed E-state index contributed by atoms with van der Waals surface area (Å²) < 4.78 is 10.4. The lowest BCUT2D eigenvalue weighted by molar-refractivity contribution is 0.0526.